The lowest BCUT2D eigenvalue weighted by molar-refractivity contribution is -0.132. The van der Waals surface area contributed by atoms with E-state index in [0.29, 0.717) is 5.78 Å². The van der Waals surface area contributed by atoms with Crippen LogP contribution in [0.1, 0.15) is 27.7 Å². The average Bonchev–Trinajstić information content (AvgIpc) is 2.15. The number of Topliss-reactive ketones (excluding diaryl/α,β-unsaturated/α-hetero) is 1. The Hall–Kier alpha value is -0.410. The second-order valence-electron chi connectivity index (χ2n) is 4.94. The highest BCUT2D eigenvalue weighted by Gasteiger charge is 2.30. The van der Waals surface area contributed by atoms with Gasteiger partial charge in [0, 0.05) is 18.5 Å². The smallest absolute Gasteiger partial charge is 0.154 e. The summed E-state index contributed by atoms with van der Waals surface area (Å²) in [6, 6.07) is 0.0268. The molecule has 0 saturated carbocycles. The summed E-state index contributed by atoms with van der Waals surface area (Å²) >= 11 is 0. The largest absolute Gasteiger partial charge is 0.379 e. The van der Waals surface area contributed by atoms with Crippen LogP contribution in [0, 0.1) is 5.41 Å². The van der Waals surface area contributed by atoms with E-state index < -0.39 is 0 Å². The number of ketones is 1. The number of carbonyl (C=O) groups excluding carboxylic acids is 1. The van der Waals surface area contributed by atoms with Crippen LogP contribution in [0.3, 0.4) is 0 Å². The third kappa shape index (κ3) is 2.79. The fourth-order valence-electron chi connectivity index (χ4n) is 1.76. The van der Waals surface area contributed by atoms with Crippen LogP contribution in [0.15, 0.2) is 0 Å². The SMILES string of the molecule is C[C@H](C(=O)C(C)(C)C)N1CCOCC1. The maximum atomic E-state index is 12.0. The monoisotopic (exact) mass is 199 g/mol. The molecule has 0 aromatic rings. The molecule has 0 radical (unpaired) electrons. The first-order chi connectivity index (χ1) is 6.43. The van der Waals surface area contributed by atoms with Gasteiger partial charge in [-0.25, -0.2) is 0 Å². The van der Waals surface area contributed by atoms with Crippen LogP contribution in [0.5, 0.6) is 0 Å². The first-order valence-corrected chi connectivity index (χ1v) is 5.29. The van der Waals surface area contributed by atoms with Gasteiger partial charge in [0.25, 0.3) is 0 Å². The molecule has 3 heteroatoms. The van der Waals surface area contributed by atoms with Gasteiger partial charge in [-0.3, -0.25) is 9.69 Å². The van der Waals surface area contributed by atoms with Crippen LogP contribution >= 0.6 is 0 Å². The maximum Gasteiger partial charge on any atom is 0.154 e. The Bertz CT molecular complexity index is 202. The van der Waals surface area contributed by atoms with Gasteiger partial charge in [0.15, 0.2) is 5.78 Å². The molecule has 0 aliphatic carbocycles. The molecule has 1 saturated heterocycles. The van der Waals surface area contributed by atoms with Gasteiger partial charge in [0.05, 0.1) is 19.3 Å². The lowest BCUT2D eigenvalue weighted by Crippen LogP contribution is -2.48. The molecule has 0 spiro atoms. The number of morpholine rings is 1. The van der Waals surface area contributed by atoms with Crippen LogP contribution in [0.25, 0.3) is 0 Å². The predicted octanol–water partition coefficient (Wildman–Crippen LogP) is 1.32. The van der Waals surface area contributed by atoms with Gasteiger partial charge in [0.2, 0.25) is 0 Å². The normalized spacial score (nSPS) is 22.0. The van der Waals surface area contributed by atoms with Crippen LogP contribution in [0.2, 0.25) is 0 Å². The van der Waals surface area contributed by atoms with E-state index in [2.05, 4.69) is 4.90 Å². The van der Waals surface area contributed by atoms with Crippen LogP contribution in [-0.4, -0.2) is 43.0 Å². The van der Waals surface area contributed by atoms with Crippen LogP contribution in [-0.2, 0) is 9.53 Å². The van der Waals surface area contributed by atoms with E-state index >= 15 is 0 Å². The zero-order valence-corrected chi connectivity index (χ0v) is 9.67. The lowest BCUT2D eigenvalue weighted by Gasteiger charge is -2.34. The molecule has 14 heavy (non-hydrogen) atoms. The van der Waals surface area contributed by atoms with E-state index in [0.717, 1.165) is 26.3 Å². The summed E-state index contributed by atoms with van der Waals surface area (Å²) in [4.78, 5) is 14.2. The van der Waals surface area contributed by atoms with Gasteiger partial charge >= 0.3 is 0 Å². The molecule has 0 amide bonds. The van der Waals surface area contributed by atoms with Crippen LogP contribution < -0.4 is 0 Å². The Balaban J connectivity index is 2.55. The van der Waals surface area contributed by atoms with Crippen molar-refractivity contribution in [2.24, 2.45) is 5.41 Å². The summed E-state index contributed by atoms with van der Waals surface area (Å²) in [5.74, 6) is 0.319. The molecule has 1 fully saturated rings. The molecule has 1 atom stereocenters. The van der Waals surface area contributed by atoms with Gasteiger partial charge in [-0.1, -0.05) is 20.8 Å². The Morgan fingerprint density at radius 1 is 1.29 bits per heavy atom. The van der Waals surface area contributed by atoms with E-state index in [9.17, 15) is 4.79 Å². The average molecular weight is 199 g/mol. The number of nitrogens with zero attached hydrogens (tertiary/aromatic N) is 1. The van der Waals surface area contributed by atoms with E-state index in [-0.39, 0.29) is 11.5 Å². The summed E-state index contributed by atoms with van der Waals surface area (Å²) in [6.45, 7) is 11.2. The molecule has 0 bridgehead atoms. The molecule has 82 valence electrons. The third-order valence-corrected chi connectivity index (χ3v) is 2.71. The first kappa shape index (κ1) is 11.7. The lowest BCUT2D eigenvalue weighted by atomic mass is 9.86. The number of hydrogen-bond donors (Lipinski definition) is 0. The standard InChI is InChI=1S/C11H21NO2/c1-9(10(13)11(2,3)4)12-5-7-14-8-6-12/h9H,5-8H2,1-4H3/t9-/m1/s1. The Morgan fingerprint density at radius 3 is 2.21 bits per heavy atom. The molecule has 1 heterocycles. The zero-order chi connectivity index (χ0) is 10.8. The van der Waals surface area contributed by atoms with Gasteiger partial charge in [0.1, 0.15) is 0 Å². The predicted molar refractivity (Wildman–Crippen MR) is 56.3 cm³/mol. The van der Waals surface area contributed by atoms with E-state index in [1.165, 1.54) is 0 Å². The van der Waals surface area contributed by atoms with Crippen molar-refractivity contribution >= 4 is 5.78 Å². The van der Waals surface area contributed by atoms with E-state index in [4.69, 9.17) is 4.74 Å². The maximum absolute atomic E-state index is 12.0. The molecular formula is C11H21NO2. The highest BCUT2D eigenvalue weighted by Crippen LogP contribution is 2.19. The molecule has 1 aliphatic rings. The van der Waals surface area contributed by atoms with Crippen molar-refractivity contribution < 1.29 is 9.53 Å². The minimum atomic E-state index is -0.238. The zero-order valence-electron chi connectivity index (χ0n) is 9.67. The van der Waals surface area contributed by atoms with E-state index in [1.807, 2.05) is 27.7 Å². The number of hydrogen-bond acceptors (Lipinski definition) is 3. The van der Waals surface area contributed by atoms with Crippen molar-refractivity contribution in [3.8, 4) is 0 Å². The van der Waals surface area contributed by atoms with Gasteiger partial charge in [-0.15, -0.1) is 0 Å². The third-order valence-electron chi connectivity index (χ3n) is 2.71. The molecule has 0 aromatic carbocycles. The van der Waals surface area contributed by atoms with Gasteiger partial charge in [-0.05, 0) is 6.92 Å². The van der Waals surface area contributed by atoms with Crippen LogP contribution in [0.4, 0.5) is 0 Å². The Morgan fingerprint density at radius 2 is 1.79 bits per heavy atom. The Kier molecular flexibility index (Phi) is 3.67. The van der Waals surface area contributed by atoms with Crippen molar-refractivity contribution in [1.29, 1.82) is 0 Å². The summed E-state index contributed by atoms with van der Waals surface area (Å²) in [5.41, 5.74) is -0.238. The molecular weight excluding hydrogens is 178 g/mol. The van der Waals surface area contributed by atoms with Crippen molar-refractivity contribution in [2.75, 3.05) is 26.3 Å². The number of carbonyl (C=O) groups is 1. The summed E-state index contributed by atoms with van der Waals surface area (Å²) in [5, 5.41) is 0. The molecule has 1 aliphatic heterocycles. The topological polar surface area (TPSA) is 29.5 Å². The molecule has 3 nitrogen and oxygen atoms in total. The minimum Gasteiger partial charge on any atom is -0.379 e. The number of rotatable bonds is 2. The van der Waals surface area contributed by atoms with Crippen molar-refractivity contribution in [3.63, 3.8) is 0 Å². The summed E-state index contributed by atoms with van der Waals surface area (Å²) < 4.78 is 5.26. The highest BCUT2D eigenvalue weighted by molar-refractivity contribution is 5.88. The summed E-state index contributed by atoms with van der Waals surface area (Å²) in [6.07, 6.45) is 0. The molecule has 0 unspecified atom stereocenters. The molecule has 0 aromatic heterocycles. The number of ether oxygens (including phenoxy) is 1. The minimum absolute atomic E-state index is 0.0268. The summed E-state index contributed by atoms with van der Waals surface area (Å²) in [7, 11) is 0. The second kappa shape index (κ2) is 4.41. The quantitative estimate of drug-likeness (QED) is 0.672. The Labute approximate surface area is 86.4 Å². The van der Waals surface area contributed by atoms with Crippen molar-refractivity contribution in [1.82, 2.24) is 4.90 Å². The fourth-order valence-corrected chi connectivity index (χ4v) is 1.76. The second-order valence-corrected chi connectivity index (χ2v) is 4.94. The first-order valence-electron chi connectivity index (χ1n) is 5.29. The highest BCUT2D eigenvalue weighted by atomic mass is 16.5. The van der Waals surface area contributed by atoms with Crippen molar-refractivity contribution in [2.45, 2.75) is 33.7 Å². The molecule has 0 N–H and O–H groups in total. The molecule has 1 rings (SSSR count). The van der Waals surface area contributed by atoms with Gasteiger partial charge < -0.3 is 4.74 Å². The van der Waals surface area contributed by atoms with Gasteiger partial charge in [-0.2, -0.15) is 0 Å². The van der Waals surface area contributed by atoms with Crippen molar-refractivity contribution in [3.05, 3.63) is 0 Å². The van der Waals surface area contributed by atoms with E-state index in [1.54, 1.807) is 0 Å². The fraction of sp³-hybridized carbons (Fsp3) is 0.909.